The van der Waals surface area contributed by atoms with Crippen molar-refractivity contribution in [3.05, 3.63) is 60.2 Å². The van der Waals surface area contributed by atoms with Gasteiger partial charge in [0.25, 0.3) is 0 Å². The van der Waals surface area contributed by atoms with Crippen LogP contribution in [0.3, 0.4) is 0 Å². The molecule has 0 saturated heterocycles. The van der Waals surface area contributed by atoms with Crippen molar-refractivity contribution in [2.24, 2.45) is 0 Å². The third kappa shape index (κ3) is 14.9. The van der Waals surface area contributed by atoms with Gasteiger partial charge in [-0.2, -0.15) is 0 Å². The van der Waals surface area contributed by atoms with Gasteiger partial charge in [0.05, 0.1) is 6.61 Å². The molecular weight excluding hydrogens is 514 g/mol. The molecule has 0 radical (unpaired) electrons. The van der Waals surface area contributed by atoms with Crippen LogP contribution in [0.2, 0.25) is 0 Å². The van der Waals surface area contributed by atoms with Crippen molar-refractivity contribution in [3.63, 3.8) is 0 Å². The molecule has 0 atom stereocenters. The molecule has 0 bridgehead atoms. The zero-order chi connectivity index (χ0) is 17.5. The van der Waals surface area contributed by atoms with E-state index in [1.54, 1.807) is 12.1 Å². The van der Waals surface area contributed by atoms with Gasteiger partial charge in [-0.1, -0.05) is 67.3 Å². The summed E-state index contributed by atoms with van der Waals surface area (Å²) in [6.45, 7) is 0.559. The Balaban J connectivity index is 0. The lowest BCUT2D eigenvalue weighted by molar-refractivity contribution is 0.343. The molecule has 24 heavy (non-hydrogen) atoms. The number of halogens is 5. The predicted octanol–water partition coefficient (Wildman–Crippen LogP) is 6.54. The Morgan fingerprint density at radius 1 is 0.833 bits per heavy atom. The fraction of sp³-hybridized carbons (Fsp3) is 0.294. The van der Waals surface area contributed by atoms with Crippen LogP contribution in [-0.2, 0) is 0 Å². The summed E-state index contributed by atoms with van der Waals surface area (Å²) in [5.74, 6) is -0.142. The minimum absolute atomic E-state index is 0. The van der Waals surface area contributed by atoms with Crippen molar-refractivity contribution in [1.82, 2.24) is 0 Å². The van der Waals surface area contributed by atoms with Gasteiger partial charge in [-0.3, -0.25) is 0 Å². The van der Waals surface area contributed by atoms with E-state index in [9.17, 15) is 8.78 Å². The van der Waals surface area contributed by atoms with E-state index in [0.717, 1.165) is 22.1 Å². The Morgan fingerprint density at radius 2 is 1.38 bits per heavy atom. The Labute approximate surface area is 167 Å². The molecule has 0 aliphatic rings. The Bertz CT molecular complexity index is 523. The van der Waals surface area contributed by atoms with Gasteiger partial charge in [0.15, 0.2) is 0 Å². The molecule has 0 aromatic heterocycles. The van der Waals surface area contributed by atoms with Crippen LogP contribution >= 0.6 is 47.8 Å². The van der Waals surface area contributed by atoms with Gasteiger partial charge in [-0.15, -0.1) is 0 Å². The zero-order valence-corrected chi connectivity index (χ0v) is 17.0. The first-order valence-electron chi connectivity index (χ1n) is 6.54. The molecule has 2 aromatic carbocycles. The molecule has 2 aromatic rings. The minimum atomic E-state index is -0.412. The summed E-state index contributed by atoms with van der Waals surface area (Å²) in [7, 11) is 0. The molecule has 0 aliphatic carbocycles. The van der Waals surface area contributed by atoms with Crippen LogP contribution in [0.5, 0.6) is 11.5 Å². The van der Waals surface area contributed by atoms with Crippen molar-refractivity contribution in [1.29, 1.82) is 0 Å². The second kappa shape index (κ2) is 17.2. The second-order valence-electron chi connectivity index (χ2n) is 3.85. The highest BCUT2D eigenvalue weighted by atomic mass is 79.9. The highest BCUT2D eigenvalue weighted by Gasteiger charge is 1.93. The lowest BCUT2D eigenvalue weighted by Gasteiger charge is -2.02. The molecule has 1 N–H and O–H groups in total. The van der Waals surface area contributed by atoms with E-state index in [1.165, 1.54) is 30.3 Å². The van der Waals surface area contributed by atoms with E-state index < -0.39 is 5.82 Å². The number of phenolic OH excluding ortho intramolecular Hbond substituents is 1. The summed E-state index contributed by atoms with van der Waals surface area (Å²) in [6, 6.07) is 11.3. The van der Waals surface area contributed by atoms with Gasteiger partial charge in [0.2, 0.25) is 0 Å². The molecule has 7 heteroatoms. The van der Waals surface area contributed by atoms with E-state index >= 15 is 0 Å². The van der Waals surface area contributed by atoms with Crippen LogP contribution in [0.4, 0.5) is 8.78 Å². The van der Waals surface area contributed by atoms with Crippen LogP contribution < -0.4 is 4.74 Å². The number of hydrogen-bond acceptors (Lipinski definition) is 2. The first kappa shape index (κ1) is 25.6. The molecule has 0 spiro atoms. The smallest absolute Gasteiger partial charge is 0.126 e. The average molecular weight is 535 g/mol. The average Bonchev–Trinajstić information content (AvgIpc) is 2.53. The zero-order valence-electron chi connectivity index (χ0n) is 12.2. The number of benzene rings is 2. The third-order valence-corrected chi connectivity index (χ3v) is 4.20. The number of hydrogen-bond donors (Lipinski definition) is 1. The molecule has 136 valence electrons. The summed E-state index contributed by atoms with van der Waals surface area (Å²) >= 11 is 9.61. The summed E-state index contributed by atoms with van der Waals surface area (Å²) in [5.41, 5.74) is 0. The molecular formula is C17H21Br3F2O2. The highest BCUT2D eigenvalue weighted by molar-refractivity contribution is 9.12. The van der Waals surface area contributed by atoms with Gasteiger partial charge >= 0.3 is 0 Å². The number of phenols is 1. The van der Waals surface area contributed by atoms with E-state index in [1.807, 2.05) is 0 Å². The normalized spacial score (nSPS) is 8.71. The van der Waals surface area contributed by atoms with Gasteiger partial charge in [0.1, 0.15) is 23.1 Å². The van der Waals surface area contributed by atoms with Crippen LogP contribution in [0.25, 0.3) is 0 Å². The standard InChI is InChI=1S/C8H8BrFO.C6H5FO.C2H4Br2.CH4/c9-4-5-11-8-3-1-2-7(10)6-8;7-5-2-1-3-6(8)4-5;3-1-2-4;/h1-3,6H,4-5H2;1-4,8H;1-2H2;1H4. The van der Waals surface area contributed by atoms with E-state index in [4.69, 9.17) is 9.84 Å². The first-order valence-corrected chi connectivity index (χ1v) is 9.90. The Morgan fingerprint density at radius 3 is 1.75 bits per heavy atom. The maximum atomic E-state index is 12.5. The number of rotatable bonds is 4. The fourth-order valence-corrected chi connectivity index (χ4v) is 1.35. The highest BCUT2D eigenvalue weighted by Crippen LogP contribution is 2.11. The molecule has 0 saturated carbocycles. The number of aromatic hydroxyl groups is 1. The summed E-state index contributed by atoms with van der Waals surface area (Å²) in [4.78, 5) is 0. The third-order valence-electron chi connectivity index (χ3n) is 2.02. The summed E-state index contributed by atoms with van der Waals surface area (Å²) in [6.07, 6.45) is 0. The molecule has 0 fully saturated rings. The van der Waals surface area contributed by atoms with Gasteiger partial charge in [0, 0.05) is 28.1 Å². The Kier molecular flexibility index (Phi) is 18.3. The lowest BCUT2D eigenvalue weighted by atomic mass is 10.3. The van der Waals surface area contributed by atoms with Crippen LogP contribution in [-0.4, -0.2) is 27.7 Å². The molecule has 2 nitrogen and oxygen atoms in total. The monoisotopic (exact) mass is 532 g/mol. The van der Waals surface area contributed by atoms with Crippen molar-refractivity contribution < 1.29 is 18.6 Å². The van der Waals surface area contributed by atoms with Crippen LogP contribution in [0, 0.1) is 11.6 Å². The summed E-state index contributed by atoms with van der Waals surface area (Å²) in [5, 5.41) is 11.4. The lowest BCUT2D eigenvalue weighted by Crippen LogP contribution is -1.97. The Hall–Kier alpha value is -0.660. The van der Waals surface area contributed by atoms with Crippen LogP contribution in [0.1, 0.15) is 7.43 Å². The molecule has 0 amide bonds. The second-order valence-corrected chi connectivity index (χ2v) is 6.23. The van der Waals surface area contributed by atoms with E-state index in [-0.39, 0.29) is 19.0 Å². The molecule has 2 rings (SSSR count). The fourth-order valence-electron chi connectivity index (χ4n) is 1.19. The first-order chi connectivity index (χ1) is 11.0. The molecule has 0 heterocycles. The summed E-state index contributed by atoms with van der Waals surface area (Å²) < 4.78 is 29.7. The van der Waals surface area contributed by atoms with Crippen molar-refractivity contribution >= 4 is 47.8 Å². The van der Waals surface area contributed by atoms with Gasteiger partial charge in [-0.25, -0.2) is 8.78 Å². The maximum absolute atomic E-state index is 12.5. The number of ether oxygens (including phenoxy) is 1. The van der Waals surface area contributed by atoms with Gasteiger partial charge < -0.3 is 9.84 Å². The maximum Gasteiger partial charge on any atom is 0.126 e. The topological polar surface area (TPSA) is 29.5 Å². The van der Waals surface area contributed by atoms with E-state index in [0.29, 0.717) is 12.4 Å². The van der Waals surface area contributed by atoms with Crippen molar-refractivity contribution in [2.75, 3.05) is 22.6 Å². The quantitative estimate of drug-likeness (QED) is 0.451. The number of alkyl halides is 3. The van der Waals surface area contributed by atoms with Crippen molar-refractivity contribution in [3.8, 4) is 11.5 Å². The van der Waals surface area contributed by atoms with Crippen LogP contribution in [0.15, 0.2) is 48.5 Å². The van der Waals surface area contributed by atoms with Gasteiger partial charge in [-0.05, 0) is 24.3 Å². The minimum Gasteiger partial charge on any atom is -0.508 e. The predicted molar refractivity (Wildman–Crippen MR) is 108 cm³/mol. The largest absolute Gasteiger partial charge is 0.508 e. The molecule has 0 unspecified atom stereocenters. The van der Waals surface area contributed by atoms with E-state index in [2.05, 4.69) is 47.8 Å². The van der Waals surface area contributed by atoms with Crippen molar-refractivity contribution in [2.45, 2.75) is 7.43 Å². The molecule has 0 aliphatic heterocycles. The SMILES string of the molecule is BrCCBr.C.Fc1cccc(OCCBr)c1.Oc1cccc(F)c1.